The van der Waals surface area contributed by atoms with Crippen molar-refractivity contribution in [3.05, 3.63) is 48.5 Å². The Labute approximate surface area is 154 Å². The maximum atomic E-state index is 12.6. The van der Waals surface area contributed by atoms with Crippen molar-refractivity contribution in [1.29, 1.82) is 0 Å². The molecule has 2 amide bonds. The molecule has 0 unspecified atom stereocenters. The minimum Gasteiger partial charge on any atom is -0.495 e. The number of hydrogen-bond acceptors (Lipinski definition) is 5. The van der Waals surface area contributed by atoms with Crippen molar-refractivity contribution >= 4 is 44.2 Å². The molecule has 1 aliphatic heterocycles. The van der Waals surface area contributed by atoms with Gasteiger partial charge in [-0.3, -0.25) is 9.59 Å². The van der Waals surface area contributed by atoms with E-state index in [0.29, 0.717) is 23.1 Å². The number of ether oxygens (including phenoxy) is 1. The van der Waals surface area contributed by atoms with E-state index in [4.69, 9.17) is 4.74 Å². The van der Waals surface area contributed by atoms with E-state index in [1.807, 2.05) is 42.5 Å². The third-order valence-electron chi connectivity index (χ3n) is 4.40. The Balaban J connectivity index is 1.50. The standard InChI is InChI=1S/C19H17N3O3S/c1-25-15-8-4-3-7-14(15)22-11-12(10-17(22)23)18(24)21-19-20-13-6-2-5-9-16(13)26-19/h2-9,12H,10-11H2,1H3,(H,20,21,24)/t12-/m1/s1. The van der Waals surface area contributed by atoms with Gasteiger partial charge in [-0.2, -0.15) is 0 Å². The number of fused-ring (bicyclic) bond motifs is 1. The Kier molecular flexibility index (Phi) is 4.30. The molecule has 1 aliphatic rings. The first-order chi connectivity index (χ1) is 12.7. The maximum Gasteiger partial charge on any atom is 0.231 e. The van der Waals surface area contributed by atoms with E-state index < -0.39 is 5.92 Å². The molecule has 2 heterocycles. The monoisotopic (exact) mass is 367 g/mol. The number of carbonyl (C=O) groups is 2. The molecule has 6 nitrogen and oxygen atoms in total. The second-order valence-electron chi connectivity index (χ2n) is 6.05. The van der Waals surface area contributed by atoms with E-state index in [9.17, 15) is 9.59 Å². The zero-order valence-corrected chi connectivity index (χ0v) is 15.0. The summed E-state index contributed by atoms with van der Waals surface area (Å²) in [5, 5.41) is 3.41. The van der Waals surface area contributed by atoms with Crippen LogP contribution in [0.25, 0.3) is 10.2 Å². The number of benzene rings is 2. The van der Waals surface area contributed by atoms with Crippen molar-refractivity contribution < 1.29 is 14.3 Å². The summed E-state index contributed by atoms with van der Waals surface area (Å²) in [6.45, 7) is 0.329. The Morgan fingerprint density at radius 1 is 1.23 bits per heavy atom. The van der Waals surface area contributed by atoms with E-state index in [2.05, 4.69) is 10.3 Å². The molecule has 1 N–H and O–H groups in total. The summed E-state index contributed by atoms with van der Waals surface area (Å²) >= 11 is 1.43. The minimum absolute atomic E-state index is 0.0843. The first kappa shape index (κ1) is 16.5. The largest absolute Gasteiger partial charge is 0.495 e. The number of thiazole rings is 1. The summed E-state index contributed by atoms with van der Waals surface area (Å²) in [5.74, 6) is -0.0683. The van der Waals surface area contributed by atoms with E-state index in [1.165, 1.54) is 11.3 Å². The average Bonchev–Trinajstić information content (AvgIpc) is 3.24. The topological polar surface area (TPSA) is 71.5 Å². The molecule has 26 heavy (non-hydrogen) atoms. The summed E-state index contributed by atoms with van der Waals surface area (Å²) < 4.78 is 6.34. The first-order valence-corrected chi connectivity index (χ1v) is 9.07. The number of para-hydroxylation sites is 3. The molecule has 4 rings (SSSR count). The first-order valence-electron chi connectivity index (χ1n) is 8.25. The fraction of sp³-hybridized carbons (Fsp3) is 0.211. The van der Waals surface area contributed by atoms with Crippen LogP contribution in [-0.2, 0) is 9.59 Å². The number of nitrogens with one attached hydrogen (secondary N) is 1. The van der Waals surface area contributed by atoms with Crippen LogP contribution in [0.15, 0.2) is 48.5 Å². The van der Waals surface area contributed by atoms with Gasteiger partial charge in [0, 0.05) is 13.0 Å². The number of nitrogens with zero attached hydrogens (tertiary/aromatic N) is 2. The zero-order chi connectivity index (χ0) is 18.1. The number of aromatic nitrogens is 1. The quantitative estimate of drug-likeness (QED) is 0.768. The van der Waals surface area contributed by atoms with Crippen LogP contribution in [0.3, 0.4) is 0 Å². The summed E-state index contributed by atoms with van der Waals surface area (Å²) in [7, 11) is 1.57. The fourth-order valence-corrected chi connectivity index (χ4v) is 3.97. The van der Waals surface area contributed by atoms with Gasteiger partial charge in [0.05, 0.1) is 28.9 Å². The van der Waals surface area contributed by atoms with Crippen LogP contribution in [-0.4, -0.2) is 30.5 Å². The molecule has 1 aromatic heterocycles. The highest BCUT2D eigenvalue weighted by molar-refractivity contribution is 7.22. The predicted octanol–water partition coefficient (Wildman–Crippen LogP) is 3.30. The normalized spacial score (nSPS) is 16.9. The lowest BCUT2D eigenvalue weighted by molar-refractivity contribution is -0.122. The summed E-state index contributed by atoms with van der Waals surface area (Å²) in [6, 6.07) is 15.0. The summed E-state index contributed by atoms with van der Waals surface area (Å²) in [6.07, 6.45) is 0.175. The molecule has 0 aliphatic carbocycles. The highest BCUT2D eigenvalue weighted by Gasteiger charge is 2.36. The van der Waals surface area contributed by atoms with Crippen LogP contribution in [0.5, 0.6) is 5.75 Å². The van der Waals surface area contributed by atoms with Gasteiger partial charge in [-0.25, -0.2) is 4.98 Å². The van der Waals surface area contributed by atoms with Gasteiger partial charge in [0.25, 0.3) is 0 Å². The minimum atomic E-state index is -0.417. The van der Waals surface area contributed by atoms with Crippen LogP contribution in [0.2, 0.25) is 0 Å². The van der Waals surface area contributed by atoms with Crippen molar-refractivity contribution in [2.75, 3.05) is 23.9 Å². The van der Waals surface area contributed by atoms with Crippen LogP contribution < -0.4 is 15.0 Å². The van der Waals surface area contributed by atoms with Crippen molar-refractivity contribution in [2.45, 2.75) is 6.42 Å². The molecule has 1 atom stereocenters. The van der Waals surface area contributed by atoms with Crippen molar-refractivity contribution in [2.24, 2.45) is 5.92 Å². The predicted molar refractivity (Wildman–Crippen MR) is 102 cm³/mol. The Bertz CT molecular complexity index is 952. The van der Waals surface area contributed by atoms with Crippen molar-refractivity contribution in [1.82, 2.24) is 4.98 Å². The van der Waals surface area contributed by atoms with E-state index in [-0.39, 0.29) is 18.2 Å². The van der Waals surface area contributed by atoms with Gasteiger partial charge >= 0.3 is 0 Å². The van der Waals surface area contributed by atoms with Gasteiger partial charge in [-0.15, -0.1) is 0 Å². The third kappa shape index (κ3) is 3.01. The molecule has 132 valence electrons. The zero-order valence-electron chi connectivity index (χ0n) is 14.1. The Morgan fingerprint density at radius 3 is 2.81 bits per heavy atom. The SMILES string of the molecule is COc1ccccc1N1C[C@H](C(=O)Nc2nc3ccccc3s2)CC1=O. The fourth-order valence-electron chi connectivity index (χ4n) is 3.10. The average molecular weight is 367 g/mol. The van der Waals surface area contributed by atoms with Crippen LogP contribution >= 0.6 is 11.3 Å². The maximum absolute atomic E-state index is 12.6. The Hall–Kier alpha value is -2.93. The lowest BCUT2D eigenvalue weighted by Gasteiger charge is -2.19. The van der Waals surface area contributed by atoms with Crippen molar-refractivity contribution in [3.63, 3.8) is 0 Å². The molecule has 0 radical (unpaired) electrons. The molecule has 2 aromatic carbocycles. The number of methoxy groups -OCH3 is 1. The number of hydrogen-bond donors (Lipinski definition) is 1. The lowest BCUT2D eigenvalue weighted by atomic mass is 10.1. The molecular weight excluding hydrogens is 350 g/mol. The smallest absolute Gasteiger partial charge is 0.231 e. The highest BCUT2D eigenvalue weighted by Crippen LogP contribution is 2.33. The van der Waals surface area contributed by atoms with Crippen molar-refractivity contribution in [3.8, 4) is 5.75 Å². The van der Waals surface area contributed by atoms with Crippen LogP contribution in [0.4, 0.5) is 10.8 Å². The molecular formula is C19H17N3O3S. The number of anilines is 2. The third-order valence-corrected chi connectivity index (χ3v) is 5.35. The Morgan fingerprint density at radius 2 is 2.00 bits per heavy atom. The second-order valence-corrected chi connectivity index (χ2v) is 7.08. The summed E-state index contributed by atoms with van der Waals surface area (Å²) in [5.41, 5.74) is 1.54. The van der Waals surface area contributed by atoms with Gasteiger partial charge in [-0.05, 0) is 24.3 Å². The van der Waals surface area contributed by atoms with Crippen LogP contribution in [0, 0.1) is 5.92 Å². The molecule has 0 saturated carbocycles. The van der Waals surface area contributed by atoms with E-state index in [0.717, 1.165) is 10.2 Å². The number of rotatable bonds is 4. The molecule has 1 fully saturated rings. The van der Waals surface area contributed by atoms with E-state index >= 15 is 0 Å². The second kappa shape index (κ2) is 6.76. The number of amides is 2. The van der Waals surface area contributed by atoms with Gasteiger partial charge in [-0.1, -0.05) is 35.6 Å². The molecule has 1 saturated heterocycles. The molecule has 0 spiro atoms. The lowest BCUT2D eigenvalue weighted by Crippen LogP contribution is -2.28. The molecule has 7 heteroatoms. The van der Waals surface area contributed by atoms with Gasteiger partial charge < -0.3 is 15.0 Å². The highest BCUT2D eigenvalue weighted by atomic mass is 32.1. The van der Waals surface area contributed by atoms with Gasteiger partial charge in [0.1, 0.15) is 5.75 Å². The summed E-state index contributed by atoms with van der Waals surface area (Å²) in [4.78, 5) is 31.1. The molecule has 3 aromatic rings. The van der Waals surface area contributed by atoms with Gasteiger partial charge in [0.15, 0.2) is 5.13 Å². The molecule has 0 bridgehead atoms. The number of carbonyl (C=O) groups excluding carboxylic acids is 2. The van der Waals surface area contributed by atoms with E-state index in [1.54, 1.807) is 18.1 Å². The van der Waals surface area contributed by atoms with Gasteiger partial charge in [0.2, 0.25) is 11.8 Å². The van der Waals surface area contributed by atoms with Crippen LogP contribution in [0.1, 0.15) is 6.42 Å².